The molecule has 3 nitrogen and oxygen atoms in total. The van der Waals surface area contributed by atoms with Gasteiger partial charge in [-0.1, -0.05) is 0 Å². The molecule has 0 aromatic rings. The maximum absolute atomic E-state index is 12.0. The van der Waals surface area contributed by atoms with E-state index in [0.717, 1.165) is 32.0 Å². The van der Waals surface area contributed by atoms with Crippen molar-refractivity contribution in [1.82, 2.24) is 10.2 Å². The highest BCUT2D eigenvalue weighted by molar-refractivity contribution is 5.00. The lowest BCUT2D eigenvalue weighted by molar-refractivity contribution is -0.174. The number of nitrogens with one attached hydrogen (secondary N) is 1. The maximum Gasteiger partial charge on any atom is 0.411 e. The van der Waals surface area contributed by atoms with Gasteiger partial charge in [0.05, 0.1) is 6.61 Å². The van der Waals surface area contributed by atoms with E-state index in [9.17, 15) is 13.2 Å². The summed E-state index contributed by atoms with van der Waals surface area (Å²) in [5, 5.41) is 3.60. The van der Waals surface area contributed by atoms with Crippen LogP contribution < -0.4 is 5.32 Å². The average Bonchev–Trinajstić information content (AvgIpc) is 3.10. The smallest absolute Gasteiger partial charge is 0.371 e. The van der Waals surface area contributed by atoms with Crippen LogP contribution in [-0.4, -0.2) is 56.0 Å². The predicted molar refractivity (Wildman–Crippen MR) is 67.1 cm³/mol. The molecule has 0 aromatic heterocycles. The summed E-state index contributed by atoms with van der Waals surface area (Å²) in [7, 11) is 0. The molecule has 0 aromatic carbocycles. The highest BCUT2D eigenvalue weighted by Gasteiger charge is 2.42. The fourth-order valence-electron chi connectivity index (χ4n) is 2.84. The minimum atomic E-state index is -4.22. The Morgan fingerprint density at radius 1 is 1.37 bits per heavy atom. The van der Waals surface area contributed by atoms with Crippen molar-refractivity contribution in [2.45, 2.75) is 37.9 Å². The third-order valence-corrected chi connectivity index (χ3v) is 4.03. The molecule has 0 amide bonds. The summed E-state index contributed by atoms with van der Waals surface area (Å²) in [5.41, 5.74) is 0.126. The molecule has 1 aliphatic carbocycles. The second kappa shape index (κ2) is 5.97. The van der Waals surface area contributed by atoms with Crippen LogP contribution in [0.5, 0.6) is 0 Å². The van der Waals surface area contributed by atoms with Crippen molar-refractivity contribution in [3.05, 3.63) is 0 Å². The zero-order chi connectivity index (χ0) is 13.9. The van der Waals surface area contributed by atoms with Gasteiger partial charge in [-0.05, 0) is 45.2 Å². The lowest BCUT2D eigenvalue weighted by atomic mass is 9.95. The first-order valence-corrected chi connectivity index (χ1v) is 7.01. The Morgan fingerprint density at radius 2 is 2.11 bits per heavy atom. The molecule has 1 aliphatic heterocycles. The Bertz CT molecular complexity index is 294. The van der Waals surface area contributed by atoms with Gasteiger partial charge in [0.25, 0.3) is 0 Å². The summed E-state index contributed by atoms with van der Waals surface area (Å²) in [6.45, 7) is 4.67. The Morgan fingerprint density at radius 3 is 2.74 bits per heavy atom. The Labute approximate surface area is 112 Å². The fourth-order valence-corrected chi connectivity index (χ4v) is 2.84. The van der Waals surface area contributed by atoms with Gasteiger partial charge in [-0.15, -0.1) is 0 Å². The van der Waals surface area contributed by atoms with E-state index < -0.39 is 12.8 Å². The lowest BCUT2D eigenvalue weighted by Crippen LogP contribution is -2.51. The zero-order valence-corrected chi connectivity index (χ0v) is 11.4. The molecule has 1 unspecified atom stereocenters. The summed E-state index contributed by atoms with van der Waals surface area (Å²) in [5.74, 6) is 0.726. The molecule has 2 aliphatic rings. The van der Waals surface area contributed by atoms with Crippen LogP contribution >= 0.6 is 0 Å². The van der Waals surface area contributed by atoms with Crippen LogP contribution in [-0.2, 0) is 4.74 Å². The largest absolute Gasteiger partial charge is 0.411 e. The molecule has 1 N–H and O–H groups in total. The quantitative estimate of drug-likeness (QED) is 0.780. The molecule has 1 heterocycles. The Balaban J connectivity index is 1.73. The normalized spacial score (nSPS) is 30.3. The average molecular weight is 280 g/mol. The van der Waals surface area contributed by atoms with E-state index in [4.69, 9.17) is 4.74 Å². The first kappa shape index (κ1) is 15.1. The van der Waals surface area contributed by atoms with E-state index in [1.54, 1.807) is 0 Å². The minimum Gasteiger partial charge on any atom is -0.371 e. The molecule has 0 spiro atoms. The van der Waals surface area contributed by atoms with Crippen molar-refractivity contribution >= 4 is 0 Å². The molecular formula is C13H23F3N2O. The second-order valence-corrected chi connectivity index (χ2v) is 5.92. The van der Waals surface area contributed by atoms with Crippen LogP contribution in [0.15, 0.2) is 0 Å². The number of hydrogen-bond acceptors (Lipinski definition) is 3. The summed E-state index contributed by atoms with van der Waals surface area (Å²) in [6, 6.07) is 0. The fraction of sp³-hybridized carbons (Fsp3) is 1.00. The van der Waals surface area contributed by atoms with Crippen molar-refractivity contribution in [1.29, 1.82) is 0 Å². The summed E-state index contributed by atoms with van der Waals surface area (Å²) < 4.78 is 40.6. The van der Waals surface area contributed by atoms with Crippen molar-refractivity contribution in [3.63, 3.8) is 0 Å². The van der Waals surface area contributed by atoms with Crippen molar-refractivity contribution in [3.8, 4) is 0 Å². The SMILES string of the molecule is CC1(C2CC2)CN(CCOCC(F)(F)F)CCCN1. The molecule has 0 bridgehead atoms. The Kier molecular flexibility index (Phi) is 4.74. The molecule has 2 fully saturated rings. The summed E-state index contributed by atoms with van der Waals surface area (Å²) in [6.07, 6.45) is -0.645. The van der Waals surface area contributed by atoms with Crippen LogP contribution in [0.25, 0.3) is 0 Å². The third kappa shape index (κ3) is 4.93. The number of rotatable bonds is 5. The van der Waals surface area contributed by atoms with Gasteiger partial charge in [-0.3, -0.25) is 4.90 Å². The molecule has 19 heavy (non-hydrogen) atoms. The lowest BCUT2D eigenvalue weighted by Gasteiger charge is -2.33. The van der Waals surface area contributed by atoms with Gasteiger partial charge in [0.15, 0.2) is 0 Å². The van der Waals surface area contributed by atoms with Gasteiger partial charge in [0.1, 0.15) is 6.61 Å². The van der Waals surface area contributed by atoms with E-state index in [0.29, 0.717) is 6.54 Å². The summed E-state index contributed by atoms with van der Waals surface area (Å²) in [4.78, 5) is 2.23. The number of halogens is 3. The van der Waals surface area contributed by atoms with E-state index in [-0.39, 0.29) is 12.1 Å². The van der Waals surface area contributed by atoms with Crippen molar-refractivity contribution in [2.75, 3.05) is 39.4 Å². The zero-order valence-electron chi connectivity index (χ0n) is 11.4. The number of hydrogen-bond donors (Lipinski definition) is 1. The van der Waals surface area contributed by atoms with Gasteiger partial charge < -0.3 is 10.1 Å². The number of alkyl halides is 3. The molecule has 2 rings (SSSR count). The van der Waals surface area contributed by atoms with E-state index in [1.807, 2.05) is 0 Å². The molecule has 112 valence electrons. The first-order valence-electron chi connectivity index (χ1n) is 7.01. The minimum absolute atomic E-state index is 0.126. The van der Waals surface area contributed by atoms with Gasteiger partial charge >= 0.3 is 6.18 Å². The molecule has 1 atom stereocenters. The third-order valence-electron chi connectivity index (χ3n) is 4.03. The van der Waals surface area contributed by atoms with Crippen molar-refractivity contribution in [2.24, 2.45) is 5.92 Å². The van der Waals surface area contributed by atoms with E-state index >= 15 is 0 Å². The maximum atomic E-state index is 12.0. The van der Waals surface area contributed by atoms with Gasteiger partial charge in [-0.25, -0.2) is 0 Å². The van der Waals surface area contributed by atoms with Crippen LogP contribution in [0, 0.1) is 5.92 Å². The van der Waals surface area contributed by atoms with E-state index in [2.05, 4.69) is 17.1 Å². The van der Waals surface area contributed by atoms with Gasteiger partial charge in [-0.2, -0.15) is 13.2 Å². The molecule has 1 saturated heterocycles. The van der Waals surface area contributed by atoms with Crippen LogP contribution in [0.1, 0.15) is 26.2 Å². The Hall–Kier alpha value is -0.330. The number of nitrogens with zero attached hydrogens (tertiary/aromatic N) is 1. The highest BCUT2D eigenvalue weighted by Crippen LogP contribution is 2.40. The molecule has 6 heteroatoms. The number of ether oxygens (including phenoxy) is 1. The second-order valence-electron chi connectivity index (χ2n) is 5.92. The summed E-state index contributed by atoms with van der Waals surface area (Å²) >= 11 is 0. The first-order chi connectivity index (χ1) is 8.89. The molecule has 0 radical (unpaired) electrons. The topological polar surface area (TPSA) is 24.5 Å². The van der Waals surface area contributed by atoms with Crippen LogP contribution in [0.3, 0.4) is 0 Å². The van der Waals surface area contributed by atoms with Crippen LogP contribution in [0.4, 0.5) is 13.2 Å². The molecule has 1 saturated carbocycles. The van der Waals surface area contributed by atoms with Gasteiger partial charge in [0, 0.05) is 18.6 Å². The van der Waals surface area contributed by atoms with Crippen LogP contribution in [0.2, 0.25) is 0 Å². The van der Waals surface area contributed by atoms with Gasteiger partial charge in [0.2, 0.25) is 0 Å². The molecular weight excluding hydrogens is 257 g/mol. The highest BCUT2D eigenvalue weighted by atomic mass is 19.4. The monoisotopic (exact) mass is 280 g/mol. The standard InChI is InChI=1S/C13H23F3N2O/c1-12(11-3-4-11)9-18(6-2-5-17-12)7-8-19-10-13(14,15)16/h11,17H,2-10H2,1H3. The van der Waals surface area contributed by atoms with Crippen molar-refractivity contribution < 1.29 is 17.9 Å². The predicted octanol–water partition coefficient (Wildman–Crippen LogP) is 2.03. The van der Waals surface area contributed by atoms with E-state index in [1.165, 1.54) is 12.8 Å².